The summed E-state index contributed by atoms with van der Waals surface area (Å²) >= 11 is 0. The van der Waals surface area contributed by atoms with Crippen LogP contribution in [0.1, 0.15) is 34.2 Å². The van der Waals surface area contributed by atoms with E-state index in [1.54, 1.807) is 24.3 Å². The predicted molar refractivity (Wildman–Crippen MR) is 123 cm³/mol. The Morgan fingerprint density at radius 1 is 0.903 bits per heavy atom. The number of carbonyl (C=O) groups excluding carboxylic acids is 2. The monoisotopic (exact) mass is 412 g/mol. The molecule has 0 fully saturated rings. The first-order valence-corrected chi connectivity index (χ1v) is 10.2. The molecule has 4 rings (SSSR count). The number of amides is 2. The van der Waals surface area contributed by atoms with Crippen molar-refractivity contribution in [1.29, 1.82) is 0 Å². The Labute approximate surface area is 180 Å². The lowest BCUT2D eigenvalue weighted by molar-refractivity contribution is -0.114. The fraction of sp³-hybridized carbons (Fsp3) is 0.160. The van der Waals surface area contributed by atoms with Crippen molar-refractivity contribution in [1.82, 2.24) is 9.97 Å². The van der Waals surface area contributed by atoms with Gasteiger partial charge in [-0.3, -0.25) is 9.59 Å². The number of benzene rings is 3. The van der Waals surface area contributed by atoms with Crippen molar-refractivity contribution in [3.63, 3.8) is 0 Å². The van der Waals surface area contributed by atoms with Crippen molar-refractivity contribution in [2.75, 3.05) is 10.6 Å². The smallest absolute Gasteiger partial charge is 0.255 e. The van der Waals surface area contributed by atoms with Crippen LogP contribution in [0.2, 0.25) is 0 Å². The number of aryl methyl sites for hydroxylation is 3. The second kappa shape index (κ2) is 8.83. The molecule has 0 saturated heterocycles. The summed E-state index contributed by atoms with van der Waals surface area (Å²) in [6.45, 7) is 3.51. The largest absolute Gasteiger partial charge is 0.342 e. The van der Waals surface area contributed by atoms with E-state index in [-0.39, 0.29) is 11.8 Å². The second-order valence-corrected chi connectivity index (χ2v) is 7.62. The van der Waals surface area contributed by atoms with E-state index >= 15 is 0 Å². The van der Waals surface area contributed by atoms with Gasteiger partial charge in [0.1, 0.15) is 5.82 Å². The molecule has 0 radical (unpaired) electrons. The minimum Gasteiger partial charge on any atom is -0.342 e. The van der Waals surface area contributed by atoms with Crippen LogP contribution in [0.15, 0.2) is 66.7 Å². The number of nitrogens with one attached hydrogen (secondary N) is 3. The van der Waals surface area contributed by atoms with Crippen molar-refractivity contribution in [3.05, 3.63) is 89.2 Å². The number of H-pyrrole nitrogens is 1. The van der Waals surface area contributed by atoms with E-state index in [0.717, 1.165) is 41.0 Å². The van der Waals surface area contributed by atoms with Crippen molar-refractivity contribution in [3.8, 4) is 0 Å². The second-order valence-electron chi connectivity index (χ2n) is 7.62. The topological polar surface area (TPSA) is 86.9 Å². The summed E-state index contributed by atoms with van der Waals surface area (Å²) in [6.07, 6.45) is 1.60. The summed E-state index contributed by atoms with van der Waals surface area (Å²) in [6, 6.07) is 20.8. The van der Waals surface area contributed by atoms with Gasteiger partial charge in [-0.15, -0.1) is 0 Å². The van der Waals surface area contributed by atoms with E-state index in [2.05, 4.69) is 39.7 Å². The molecule has 0 aliphatic carbocycles. The van der Waals surface area contributed by atoms with Gasteiger partial charge in [0.15, 0.2) is 0 Å². The Morgan fingerprint density at radius 3 is 2.48 bits per heavy atom. The predicted octanol–water partition coefficient (Wildman–Crippen LogP) is 4.87. The molecule has 0 saturated carbocycles. The lowest BCUT2D eigenvalue weighted by Gasteiger charge is -2.08. The molecule has 156 valence electrons. The van der Waals surface area contributed by atoms with Crippen molar-refractivity contribution < 1.29 is 9.59 Å². The van der Waals surface area contributed by atoms with Crippen LogP contribution in [-0.4, -0.2) is 21.8 Å². The van der Waals surface area contributed by atoms with Gasteiger partial charge in [0.05, 0.1) is 11.0 Å². The van der Waals surface area contributed by atoms with Gasteiger partial charge in [-0.2, -0.15) is 0 Å². The molecule has 31 heavy (non-hydrogen) atoms. The van der Waals surface area contributed by atoms with Crippen LogP contribution in [0.5, 0.6) is 0 Å². The Hall–Kier alpha value is -3.93. The molecule has 1 heterocycles. The first-order chi connectivity index (χ1) is 15.0. The van der Waals surface area contributed by atoms with Gasteiger partial charge in [-0.25, -0.2) is 4.98 Å². The molecule has 0 spiro atoms. The highest BCUT2D eigenvalue weighted by atomic mass is 16.2. The number of anilines is 2. The summed E-state index contributed by atoms with van der Waals surface area (Å²) in [7, 11) is 0. The van der Waals surface area contributed by atoms with E-state index in [4.69, 9.17) is 0 Å². The number of hydrogen-bond donors (Lipinski definition) is 3. The standard InChI is InChI=1S/C25H24N4O2/c1-16-6-12-22-23(14-16)29-24(28-22)13-7-18-4-3-5-21(15-18)27-25(31)19-8-10-20(11-9-19)26-17(2)30/h3-6,8-12,14-15H,7,13H2,1-2H3,(H,26,30)(H,27,31)(H,28,29). The summed E-state index contributed by atoms with van der Waals surface area (Å²) in [5.74, 6) is 0.611. The third kappa shape index (κ3) is 5.17. The van der Waals surface area contributed by atoms with Gasteiger partial charge in [-0.1, -0.05) is 18.2 Å². The van der Waals surface area contributed by atoms with Gasteiger partial charge in [0, 0.05) is 30.3 Å². The Morgan fingerprint density at radius 2 is 1.71 bits per heavy atom. The van der Waals surface area contributed by atoms with Crippen LogP contribution in [0.25, 0.3) is 11.0 Å². The summed E-state index contributed by atoms with van der Waals surface area (Å²) < 4.78 is 0. The molecular formula is C25H24N4O2. The molecule has 0 unspecified atom stereocenters. The minimum atomic E-state index is -0.195. The SMILES string of the molecule is CC(=O)Nc1ccc(C(=O)Nc2cccc(CCc3nc4ccc(C)cc4[nH]3)c2)cc1. The summed E-state index contributed by atoms with van der Waals surface area (Å²) in [5, 5.41) is 5.62. The highest BCUT2D eigenvalue weighted by Gasteiger charge is 2.08. The van der Waals surface area contributed by atoms with Gasteiger partial charge < -0.3 is 15.6 Å². The van der Waals surface area contributed by atoms with Crippen LogP contribution >= 0.6 is 0 Å². The van der Waals surface area contributed by atoms with Crippen LogP contribution in [0.4, 0.5) is 11.4 Å². The zero-order valence-corrected chi connectivity index (χ0v) is 17.5. The molecule has 0 atom stereocenters. The quantitative estimate of drug-likeness (QED) is 0.422. The van der Waals surface area contributed by atoms with E-state index in [0.29, 0.717) is 11.3 Å². The molecular weight excluding hydrogens is 388 g/mol. The molecule has 0 aliphatic heterocycles. The number of carbonyl (C=O) groups is 2. The van der Waals surface area contributed by atoms with E-state index in [1.165, 1.54) is 12.5 Å². The van der Waals surface area contributed by atoms with E-state index in [9.17, 15) is 9.59 Å². The van der Waals surface area contributed by atoms with Crippen LogP contribution in [0.3, 0.4) is 0 Å². The molecule has 1 aromatic heterocycles. The van der Waals surface area contributed by atoms with Crippen LogP contribution in [0, 0.1) is 6.92 Å². The number of imidazole rings is 1. The lowest BCUT2D eigenvalue weighted by atomic mass is 10.1. The van der Waals surface area contributed by atoms with Crippen molar-refractivity contribution in [2.45, 2.75) is 26.7 Å². The maximum Gasteiger partial charge on any atom is 0.255 e. The van der Waals surface area contributed by atoms with Gasteiger partial charge >= 0.3 is 0 Å². The zero-order valence-electron chi connectivity index (χ0n) is 17.5. The maximum atomic E-state index is 12.6. The highest BCUT2D eigenvalue weighted by molar-refractivity contribution is 6.04. The summed E-state index contributed by atoms with van der Waals surface area (Å²) in [4.78, 5) is 31.7. The molecule has 6 nitrogen and oxygen atoms in total. The Bertz CT molecular complexity index is 1240. The first-order valence-electron chi connectivity index (χ1n) is 10.2. The average Bonchev–Trinajstić information content (AvgIpc) is 3.14. The van der Waals surface area contributed by atoms with Crippen molar-refractivity contribution >= 4 is 34.2 Å². The Kier molecular flexibility index (Phi) is 5.80. The molecule has 3 N–H and O–H groups in total. The fourth-order valence-electron chi connectivity index (χ4n) is 3.47. The molecule has 6 heteroatoms. The van der Waals surface area contributed by atoms with Gasteiger partial charge in [-0.05, 0) is 73.0 Å². The fourth-order valence-corrected chi connectivity index (χ4v) is 3.47. The Balaban J connectivity index is 1.39. The number of aromatic amines is 1. The molecule has 0 aliphatic rings. The average molecular weight is 412 g/mol. The molecule has 0 bridgehead atoms. The van der Waals surface area contributed by atoms with Crippen LogP contribution in [-0.2, 0) is 17.6 Å². The number of rotatable bonds is 6. The number of hydrogen-bond acceptors (Lipinski definition) is 3. The lowest BCUT2D eigenvalue weighted by Crippen LogP contribution is -2.12. The normalized spacial score (nSPS) is 10.8. The minimum absolute atomic E-state index is 0.147. The van der Waals surface area contributed by atoms with Gasteiger partial charge in [0.25, 0.3) is 5.91 Å². The highest BCUT2D eigenvalue weighted by Crippen LogP contribution is 2.17. The van der Waals surface area contributed by atoms with Crippen molar-refractivity contribution in [2.24, 2.45) is 0 Å². The maximum absolute atomic E-state index is 12.6. The molecule has 3 aromatic carbocycles. The van der Waals surface area contributed by atoms with E-state index in [1.807, 2.05) is 30.3 Å². The van der Waals surface area contributed by atoms with Crippen LogP contribution < -0.4 is 10.6 Å². The third-order valence-electron chi connectivity index (χ3n) is 4.99. The summed E-state index contributed by atoms with van der Waals surface area (Å²) in [5.41, 5.74) is 6.29. The zero-order chi connectivity index (χ0) is 21.8. The number of fused-ring (bicyclic) bond motifs is 1. The number of nitrogens with zero attached hydrogens (tertiary/aromatic N) is 1. The number of aromatic nitrogens is 2. The molecule has 4 aromatic rings. The van der Waals surface area contributed by atoms with E-state index < -0.39 is 0 Å². The third-order valence-corrected chi connectivity index (χ3v) is 4.99. The first kappa shape index (κ1) is 20.3. The van der Waals surface area contributed by atoms with Gasteiger partial charge in [0.2, 0.25) is 5.91 Å². The molecule has 2 amide bonds.